The van der Waals surface area contributed by atoms with Crippen LogP contribution in [-0.4, -0.2) is 91.5 Å². The minimum atomic E-state index is -3.61. The van der Waals surface area contributed by atoms with Gasteiger partial charge in [-0.2, -0.15) is 4.99 Å². The number of urea groups is 1. The van der Waals surface area contributed by atoms with Crippen molar-refractivity contribution < 1.29 is 26.4 Å². The highest BCUT2D eigenvalue weighted by atomic mass is 32.2. The van der Waals surface area contributed by atoms with Gasteiger partial charge < -0.3 is 15.1 Å². The second-order valence-electron chi connectivity index (χ2n) is 14.9. The number of aliphatic imine (C=N–C) groups is 1. The molecule has 4 N–H and O–H groups in total. The van der Waals surface area contributed by atoms with Crippen molar-refractivity contribution in [3.8, 4) is 0 Å². The molecule has 0 saturated carbocycles. The molecule has 2 aromatic rings. The van der Waals surface area contributed by atoms with Crippen LogP contribution in [0.5, 0.6) is 0 Å². The van der Waals surface area contributed by atoms with Crippen molar-refractivity contribution in [2.45, 2.75) is 103 Å². The lowest BCUT2D eigenvalue weighted by Gasteiger charge is -2.16. The molecule has 2 amide bonds. The second-order valence-corrected chi connectivity index (χ2v) is 18.5. The zero-order chi connectivity index (χ0) is 37.9. The van der Waals surface area contributed by atoms with E-state index < -0.39 is 26.1 Å². The average Bonchev–Trinajstić information content (AvgIpc) is 3.88. The Bertz CT molecular complexity index is 1770. The highest BCUT2D eigenvalue weighted by molar-refractivity contribution is 7.90. The number of carbonyl (C=O) groups is 1. The van der Waals surface area contributed by atoms with Gasteiger partial charge in [0, 0.05) is 5.69 Å². The van der Waals surface area contributed by atoms with Gasteiger partial charge in [-0.15, -0.1) is 0 Å². The highest BCUT2D eigenvalue weighted by Crippen LogP contribution is 2.40. The van der Waals surface area contributed by atoms with Crippen LogP contribution in [0, 0.1) is 0 Å². The summed E-state index contributed by atoms with van der Waals surface area (Å²) >= 11 is 0. The van der Waals surface area contributed by atoms with Crippen LogP contribution in [0.2, 0.25) is 0 Å². The lowest BCUT2D eigenvalue weighted by atomic mass is 9.99. The lowest BCUT2D eigenvalue weighted by molar-refractivity contribution is 0.256. The van der Waals surface area contributed by atoms with Crippen LogP contribution in [0.15, 0.2) is 17.1 Å². The predicted octanol–water partition coefficient (Wildman–Crippen LogP) is 4.71. The van der Waals surface area contributed by atoms with Crippen LogP contribution in [-0.2, 0) is 76.2 Å². The molecule has 288 valence electrons. The van der Waals surface area contributed by atoms with Crippen LogP contribution >= 0.6 is 0 Å². The summed E-state index contributed by atoms with van der Waals surface area (Å²) in [6.07, 6.45) is 17.7. The molecule has 6 rings (SSSR count). The van der Waals surface area contributed by atoms with Crippen molar-refractivity contribution in [1.29, 1.82) is 0 Å². The molecule has 0 atom stereocenters. The minimum absolute atomic E-state index is 0.0285. The molecule has 4 aliphatic carbocycles. The van der Waals surface area contributed by atoms with Gasteiger partial charge in [0.05, 0.1) is 17.2 Å². The van der Waals surface area contributed by atoms with E-state index in [0.717, 1.165) is 102 Å². The fourth-order valence-electron chi connectivity index (χ4n) is 7.72. The molecule has 14 heteroatoms. The van der Waals surface area contributed by atoms with E-state index in [1.807, 2.05) is 38.0 Å². The van der Waals surface area contributed by atoms with Crippen LogP contribution in [0.3, 0.4) is 0 Å². The van der Waals surface area contributed by atoms with Gasteiger partial charge in [0.25, 0.3) is 0 Å². The van der Waals surface area contributed by atoms with Crippen molar-refractivity contribution in [3.05, 3.63) is 56.6 Å². The first kappa shape index (κ1) is 41.6. The third kappa shape index (κ3) is 12.5. The number of isocyanates is 1. The normalized spacial score (nSPS) is 15.4. The van der Waals surface area contributed by atoms with E-state index in [1.54, 1.807) is 6.08 Å². The highest BCUT2D eigenvalue weighted by Gasteiger charge is 2.26. The minimum Gasteiger partial charge on any atom is -0.309 e. The number of carbonyl (C=O) groups excluding carboxylic acids is 2. The Morgan fingerprint density at radius 2 is 1.12 bits per heavy atom. The summed E-state index contributed by atoms with van der Waals surface area (Å²) in [6.45, 7) is 1.75. The quantitative estimate of drug-likeness (QED) is 0.150. The molecule has 0 unspecified atom stereocenters. The number of amides is 2. The van der Waals surface area contributed by atoms with Crippen molar-refractivity contribution in [3.63, 3.8) is 0 Å². The van der Waals surface area contributed by atoms with Crippen molar-refractivity contribution in [2.24, 2.45) is 10.1 Å². The molecule has 52 heavy (non-hydrogen) atoms. The number of rotatable bonds is 13. The number of aryl methyl sites for hydroxylation is 4. The Labute approximate surface area is 311 Å². The van der Waals surface area contributed by atoms with E-state index in [0.29, 0.717) is 12.8 Å². The molecule has 0 aromatic heterocycles. The van der Waals surface area contributed by atoms with Crippen molar-refractivity contribution >= 4 is 43.5 Å². The number of anilines is 1. The summed E-state index contributed by atoms with van der Waals surface area (Å²) in [5.74, 6) is 0.0695. The van der Waals surface area contributed by atoms with E-state index in [-0.39, 0.29) is 11.5 Å². The first-order valence-electron chi connectivity index (χ1n) is 18.7. The fourth-order valence-corrected chi connectivity index (χ4v) is 9.34. The maximum Gasteiger partial charge on any atom is 0.332 e. The Morgan fingerprint density at radius 1 is 0.692 bits per heavy atom. The van der Waals surface area contributed by atoms with E-state index in [9.17, 15) is 26.4 Å². The van der Waals surface area contributed by atoms with E-state index in [1.165, 1.54) is 57.3 Å². The van der Waals surface area contributed by atoms with Crippen LogP contribution in [0.4, 0.5) is 16.2 Å². The molecule has 0 spiro atoms. The van der Waals surface area contributed by atoms with Gasteiger partial charge in [-0.05, 0) is 189 Å². The summed E-state index contributed by atoms with van der Waals surface area (Å²) in [5.41, 5.74) is 12.3. The van der Waals surface area contributed by atoms with Crippen molar-refractivity contribution in [1.82, 2.24) is 14.5 Å². The number of hydrogen-bond donors (Lipinski definition) is 3. The number of benzene rings is 2. The van der Waals surface area contributed by atoms with E-state index >= 15 is 0 Å². The molecule has 0 heterocycles. The van der Waals surface area contributed by atoms with Crippen molar-refractivity contribution in [2.75, 3.05) is 58.1 Å². The molecular formula is C38H58N6O6S2. The monoisotopic (exact) mass is 758 g/mol. The molecule has 0 fully saturated rings. The molecule has 0 bridgehead atoms. The standard InChI is InChI=1S/C19H29N3O3S.C13H13NO.C6H16N2O2S/c1-22(2)11-3-4-12-26(24,25)21-19(23)20-18-16-9-5-7-14(16)13-15-8-6-10-17(15)18;15-8-14-13-11-5-1-3-9(11)7-10-4-2-6-12(10)13;1-8(2)5-3-4-6-11(7,9)10/h13H,3-12H2,1-2H3,(H2,20,21,23);7H,1-6H2;3-6H2,1-2H3,(H2,7,9,10). The lowest BCUT2D eigenvalue weighted by Crippen LogP contribution is -2.36. The van der Waals surface area contributed by atoms with Gasteiger partial charge >= 0.3 is 6.03 Å². The number of unbranched alkanes of at least 4 members (excludes halogenated alkanes) is 2. The summed E-state index contributed by atoms with van der Waals surface area (Å²) in [6, 6.07) is 4.00. The van der Waals surface area contributed by atoms with Crippen LogP contribution < -0.4 is 15.2 Å². The van der Waals surface area contributed by atoms with Gasteiger partial charge in [0.15, 0.2) is 0 Å². The molecule has 0 radical (unpaired) electrons. The first-order valence-corrected chi connectivity index (χ1v) is 22.1. The molecule has 0 saturated heterocycles. The summed E-state index contributed by atoms with van der Waals surface area (Å²) in [7, 11) is 0.973. The topological polar surface area (TPSA) is 171 Å². The Morgan fingerprint density at radius 3 is 1.54 bits per heavy atom. The summed E-state index contributed by atoms with van der Waals surface area (Å²) in [4.78, 5) is 30.8. The van der Waals surface area contributed by atoms with Gasteiger partial charge in [0.2, 0.25) is 26.1 Å². The van der Waals surface area contributed by atoms with Gasteiger partial charge in [-0.1, -0.05) is 12.1 Å². The van der Waals surface area contributed by atoms with Gasteiger partial charge in [-0.25, -0.2) is 36.3 Å². The molecular weight excluding hydrogens is 701 g/mol. The average molecular weight is 759 g/mol. The number of fused-ring (bicyclic) bond motifs is 4. The number of hydrogen-bond acceptors (Lipinski definition) is 9. The maximum atomic E-state index is 12.4. The Balaban J connectivity index is 0.000000196. The fraction of sp³-hybridized carbons (Fsp3) is 0.632. The summed E-state index contributed by atoms with van der Waals surface area (Å²) < 4.78 is 47.4. The summed E-state index contributed by atoms with van der Waals surface area (Å²) in [5, 5.41) is 7.68. The molecule has 12 nitrogen and oxygen atoms in total. The number of nitrogens with zero attached hydrogens (tertiary/aromatic N) is 3. The smallest absolute Gasteiger partial charge is 0.309 e. The predicted molar refractivity (Wildman–Crippen MR) is 208 cm³/mol. The third-order valence-electron chi connectivity index (χ3n) is 10.1. The number of primary sulfonamides is 1. The van der Waals surface area contributed by atoms with Gasteiger partial charge in [-0.3, -0.25) is 0 Å². The molecule has 4 aliphatic rings. The second kappa shape index (κ2) is 19.3. The Hall–Kier alpha value is -3.13. The number of nitrogens with two attached hydrogens (primary N) is 1. The zero-order valence-electron chi connectivity index (χ0n) is 31.5. The zero-order valence-corrected chi connectivity index (χ0v) is 33.1. The molecule has 2 aromatic carbocycles. The third-order valence-corrected chi connectivity index (χ3v) is 12.3. The largest absolute Gasteiger partial charge is 0.332 e. The molecule has 0 aliphatic heterocycles. The number of sulfonamides is 2. The van der Waals surface area contributed by atoms with E-state index in [2.05, 4.69) is 27.2 Å². The first-order chi connectivity index (χ1) is 24.7. The van der Waals surface area contributed by atoms with E-state index in [4.69, 9.17) is 5.14 Å². The SMILES string of the molecule is CN(C)CCCCS(=O)(=O)NC(=O)Nc1c2c(cc3c1CCC3)CCC2.CN(C)CCCCS(N)(=O)=O.O=C=Nc1c2c(cc3c1CCC3)CCC2. The number of nitrogens with one attached hydrogen (secondary N) is 2. The maximum absolute atomic E-state index is 12.4. The van der Waals surface area contributed by atoms with Crippen LogP contribution in [0.1, 0.15) is 95.9 Å². The van der Waals surface area contributed by atoms with Gasteiger partial charge in [0.1, 0.15) is 0 Å². The van der Waals surface area contributed by atoms with Crippen LogP contribution in [0.25, 0.3) is 0 Å². The Kier molecular flexibility index (Phi) is 15.4.